The van der Waals surface area contributed by atoms with E-state index in [4.69, 9.17) is 5.73 Å². The summed E-state index contributed by atoms with van der Waals surface area (Å²) in [7, 11) is 0. The Morgan fingerprint density at radius 2 is 2.00 bits per heavy atom. The van der Waals surface area contributed by atoms with Gasteiger partial charge in [-0.2, -0.15) is 5.10 Å². The molecule has 1 aromatic carbocycles. The molecule has 0 saturated carbocycles. The fourth-order valence-corrected chi connectivity index (χ4v) is 1.49. The van der Waals surface area contributed by atoms with Gasteiger partial charge in [-0.25, -0.2) is 10.2 Å². The number of nitrogens with zero attached hydrogens (tertiary/aromatic N) is 1. The van der Waals surface area contributed by atoms with Gasteiger partial charge in [0, 0.05) is 5.56 Å². The summed E-state index contributed by atoms with van der Waals surface area (Å²) < 4.78 is 0. The number of carbonyl (C=O) groups is 1. The van der Waals surface area contributed by atoms with Crippen LogP contribution in [-0.2, 0) is 5.41 Å². The van der Waals surface area contributed by atoms with Crippen LogP contribution in [-0.4, -0.2) is 16.8 Å². The van der Waals surface area contributed by atoms with Crippen molar-refractivity contribution in [3.63, 3.8) is 0 Å². The molecule has 98 valence electrons. The average Bonchev–Trinajstić information content (AvgIpc) is 2.24. The maximum atomic E-state index is 10.6. The van der Waals surface area contributed by atoms with E-state index >= 15 is 0 Å². The largest absolute Gasteiger partial charge is 0.507 e. The van der Waals surface area contributed by atoms with Crippen molar-refractivity contribution in [3.05, 3.63) is 29.3 Å². The van der Waals surface area contributed by atoms with Gasteiger partial charge in [0.15, 0.2) is 0 Å². The van der Waals surface area contributed by atoms with Crippen molar-refractivity contribution in [2.24, 2.45) is 10.8 Å². The number of hydrazone groups is 1. The molecule has 0 unspecified atom stereocenters. The summed E-state index contributed by atoms with van der Waals surface area (Å²) in [5.41, 5.74) is 9.20. The number of aromatic hydroxyl groups is 1. The van der Waals surface area contributed by atoms with Gasteiger partial charge in [0.1, 0.15) is 5.75 Å². The van der Waals surface area contributed by atoms with Crippen molar-refractivity contribution in [2.75, 3.05) is 0 Å². The Morgan fingerprint density at radius 1 is 1.39 bits per heavy atom. The molecule has 0 aliphatic heterocycles. The molecule has 0 saturated heterocycles. The molecular formula is C13H19N3O2. The number of hydrogen-bond donors (Lipinski definition) is 3. The summed E-state index contributed by atoms with van der Waals surface area (Å²) in [4.78, 5) is 10.6. The molecule has 4 N–H and O–H groups in total. The van der Waals surface area contributed by atoms with Gasteiger partial charge in [-0.05, 0) is 30.0 Å². The van der Waals surface area contributed by atoms with Crippen LogP contribution in [0.1, 0.15) is 38.8 Å². The number of phenolic OH excluding ortho intramolecular Hbond substituents is 1. The van der Waals surface area contributed by atoms with Crippen LogP contribution in [0.2, 0.25) is 0 Å². The molecule has 1 rings (SSSR count). The first-order chi connectivity index (χ1) is 8.21. The number of amides is 2. The summed E-state index contributed by atoms with van der Waals surface area (Å²) >= 11 is 0. The van der Waals surface area contributed by atoms with Gasteiger partial charge in [-0.3, -0.25) is 0 Å². The van der Waals surface area contributed by atoms with Gasteiger partial charge >= 0.3 is 6.03 Å². The normalized spacial score (nSPS) is 12.3. The molecule has 0 aliphatic rings. The smallest absolute Gasteiger partial charge is 0.332 e. The molecule has 0 radical (unpaired) electrons. The second-order valence-electron chi connectivity index (χ2n) is 5.16. The molecule has 18 heavy (non-hydrogen) atoms. The van der Waals surface area contributed by atoms with Gasteiger partial charge in [0.25, 0.3) is 0 Å². The van der Waals surface area contributed by atoms with Crippen LogP contribution in [0.3, 0.4) is 0 Å². The van der Waals surface area contributed by atoms with E-state index in [0.29, 0.717) is 11.3 Å². The maximum Gasteiger partial charge on any atom is 0.332 e. The van der Waals surface area contributed by atoms with E-state index in [0.717, 1.165) is 5.56 Å². The van der Waals surface area contributed by atoms with Crippen LogP contribution in [0.4, 0.5) is 4.79 Å². The summed E-state index contributed by atoms with van der Waals surface area (Å²) in [5.74, 6) is 0.121. The standard InChI is InChI=1S/C13H19N3O2/c1-8(15-16-12(14)18)10-7-9(13(2,3)4)5-6-11(10)17/h5-7,17H,1-4H3,(H3,14,16,18)/b15-8-. The number of nitrogens with one attached hydrogen (secondary N) is 1. The predicted molar refractivity (Wildman–Crippen MR) is 71.7 cm³/mol. The van der Waals surface area contributed by atoms with E-state index in [-0.39, 0.29) is 11.2 Å². The van der Waals surface area contributed by atoms with Crippen molar-refractivity contribution >= 4 is 11.7 Å². The molecule has 0 aromatic heterocycles. The fraction of sp³-hybridized carbons (Fsp3) is 0.385. The zero-order chi connectivity index (χ0) is 13.9. The van der Waals surface area contributed by atoms with Crippen LogP contribution in [0, 0.1) is 0 Å². The van der Waals surface area contributed by atoms with Crippen molar-refractivity contribution in [2.45, 2.75) is 33.1 Å². The minimum Gasteiger partial charge on any atom is -0.507 e. The maximum absolute atomic E-state index is 10.6. The highest BCUT2D eigenvalue weighted by Gasteiger charge is 2.16. The highest BCUT2D eigenvalue weighted by atomic mass is 16.3. The van der Waals surface area contributed by atoms with Gasteiger partial charge in [-0.1, -0.05) is 26.8 Å². The van der Waals surface area contributed by atoms with E-state index in [2.05, 4.69) is 31.3 Å². The third kappa shape index (κ3) is 3.48. The third-order valence-electron chi connectivity index (χ3n) is 2.59. The Morgan fingerprint density at radius 3 is 2.50 bits per heavy atom. The van der Waals surface area contributed by atoms with E-state index < -0.39 is 6.03 Å². The quantitative estimate of drug-likeness (QED) is 0.553. The molecule has 1 aromatic rings. The van der Waals surface area contributed by atoms with Crippen LogP contribution in [0.15, 0.2) is 23.3 Å². The summed E-state index contributed by atoms with van der Waals surface area (Å²) in [6.07, 6.45) is 0. The van der Waals surface area contributed by atoms with Crippen LogP contribution in [0.5, 0.6) is 5.75 Å². The molecule has 0 atom stereocenters. The van der Waals surface area contributed by atoms with Gasteiger partial charge < -0.3 is 10.8 Å². The zero-order valence-electron chi connectivity index (χ0n) is 11.1. The van der Waals surface area contributed by atoms with Gasteiger partial charge in [-0.15, -0.1) is 0 Å². The topological polar surface area (TPSA) is 87.7 Å². The number of carbonyl (C=O) groups excluding carboxylic acids is 1. The first-order valence-corrected chi connectivity index (χ1v) is 5.65. The van der Waals surface area contributed by atoms with E-state index in [1.165, 1.54) is 0 Å². The predicted octanol–water partition coefficient (Wildman–Crippen LogP) is 2.08. The SMILES string of the molecule is C/C(=N/NC(N)=O)c1cc(C(C)(C)C)ccc1O. The van der Waals surface area contributed by atoms with Crippen molar-refractivity contribution < 1.29 is 9.90 Å². The molecule has 5 heteroatoms. The number of nitrogens with two attached hydrogens (primary N) is 1. The number of phenols is 1. The van der Waals surface area contributed by atoms with Crippen LogP contribution >= 0.6 is 0 Å². The molecule has 0 aliphatic carbocycles. The number of rotatable bonds is 2. The monoisotopic (exact) mass is 249 g/mol. The minimum absolute atomic E-state index is 0.0279. The number of primary amides is 1. The Bertz CT molecular complexity index is 487. The Balaban J connectivity index is 3.15. The summed E-state index contributed by atoms with van der Waals surface area (Å²) in [5, 5.41) is 13.6. The number of benzene rings is 1. The Kier molecular flexibility index (Phi) is 3.96. The van der Waals surface area contributed by atoms with Crippen molar-refractivity contribution in [3.8, 4) is 5.75 Å². The third-order valence-corrected chi connectivity index (χ3v) is 2.59. The lowest BCUT2D eigenvalue weighted by atomic mass is 9.85. The molecule has 2 amide bonds. The highest BCUT2D eigenvalue weighted by molar-refractivity contribution is 6.01. The molecule has 0 fully saturated rings. The Labute approximate surface area is 107 Å². The fourth-order valence-electron chi connectivity index (χ4n) is 1.49. The number of urea groups is 1. The molecule has 0 heterocycles. The second kappa shape index (κ2) is 5.08. The van der Waals surface area contributed by atoms with Gasteiger partial charge in [0.2, 0.25) is 0 Å². The van der Waals surface area contributed by atoms with Gasteiger partial charge in [0.05, 0.1) is 5.71 Å². The van der Waals surface area contributed by atoms with Crippen LogP contribution in [0.25, 0.3) is 0 Å². The first kappa shape index (κ1) is 14.0. The minimum atomic E-state index is -0.735. The van der Waals surface area contributed by atoms with E-state index in [9.17, 15) is 9.90 Å². The lowest BCUT2D eigenvalue weighted by Crippen LogP contribution is -2.25. The van der Waals surface area contributed by atoms with Crippen LogP contribution < -0.4 is 11.2 Å². The second-order valence-corrected chi connectivity index (χ2v) is 5.16. The molecule has 0 spiro atoms. The van der Waals surface area contributed by atoms with Crippen molar-refractivity contribution in [1.29, 1.82) is 0 Å². The molecule has 5 nitrogen and oxygen atoms in total. The van der Waals surface area contributed by atoms with Crippen molar-refractivity contribution in [1.82, 2.24) is 5.43 Å². The average molecular weight is 249 g/mol. The zero-order valence-corrected chi connectivity index (χ0v) is 11.1. The van der Waals surface area contributed by atoms with E-state index in [1.807, 2.05) is 12.1 Å². The Hall–Kier alpha value is -2.04. The first-order valence-electron chi connectivity index (χ1n) is 5.65. The summed E-state index contributed by atoms with van der Waals surface area (Å²) in [6, 6.07) is 4.62. The lowest BCUT2D eigenvalue weighted by Gasteiger charge is -2.20. The highest BCUT2D eigenvalue weighted by Crippen LogP contribution is 2.27. The lowest BCUT2D eigenvalue weighted by molar-refractivity contribution is 0.249. The van der Waals surface area contributed by atoms with E-state index in [1.54, 1.807) is 13.0 Å². The molecular weight excluding hydrogens is 230 g/mol. The molecule has 0 bridgehead atoms. The number of hydrogen-bond acceptors (Lipinski definition) is 3. The summed E-state index contributed by atoms with van der Waals surface area (Å²) in [6.45, 7) is 7.93.